The SMILES string of the molecule is O=C(CNC(=O)c1ccco1)O[C@H](C(=O)c1ccccc1)c1ccc(Cl)cc1. The summed E-state index contributed by atoms with van der Waals surface area (Å²) in [5.74, 6) is -1.63. The summed E-state index contributed by atoms with van der Waals surface area (Å²) in [5, 5.41) is 2.88. The summed E-state index contributed by atoms with van der Waals surface area (Å²) < 4.78 is 10.3. The molecule has 0 aliphatic rings. The molecular formula is C21H16ClNO5. The zero-order chi connectivity index (χ0) is 19.9. The lowest BCUT2D eigenvalue weighted by molar-refractivity contribution is -0.146. The van der Waals surface area contributed by atoms with Crippen molar-refractivity contribution in [1.29, 1.82) is 0 Å². The average molecular weight is 398 g/mol. The smallest absolute Gasteiger partial charge is 0.326 e. The summed E-state index contributed by atoms with van der Waals surface area (Å²) in [4.78, 5) is 37.0. The first kappa shape index (κ1) is 19.4. The number of benzene rings is 2. The van der Waals surface area contributed by atoms with Crippen molar-refractivity contribution < 1.29 is 23.5 Å². The molecule has 0 radical (unpaired) electrons. The van der Waals surface area contributed by atoms with Crippen molar-refractivity contribution >= 4 is 29.3 Å². The van der Waals surface area contributed by atoms with Gasteiger partial charge in [-0.1, -0.05) is 54.1 Å². The van der Waals surface area contributed by atoms with Crippen molar-refractivity contribution in [2.45, 2.75) is 6.10 Å². The number of hydrogen-bond donors (Lipinski definition) is 1. The summed E-state index contributed by atoms with van der Waals surface area (Å²) in [6.45, 7) is -0.411. The molecule has 1 atom stereocenters. The summed E-state index contributed by atoms with van der Waals surface area (Å²) in [7, 11) is 0. The number of ether oxygens (including phenoxy) is 1. The minimum Gasteiger partial charge on any atom is -0.459 e. The topological polar surface area (TPSA) is 85.6 Å². The van der Waals surface area contributed by atoms with Crippen LogP contribution in [0, 0.1) is 0 Å². The van der Waals surface area contributed by atoms with Crippen LogP contribution in [0.15, 0.2) is 77.4 Å². The second kappa shape index (κ2) is 9.01. The van der Waals surface area contributed by atoms with Crippen molar-refractivity contribution in [3.63, 3.8) is 0 Å². The van der Waals surface area contributed by atoms with Gasteiger partial charge < -0.3 is 14.5 Å². The molecule has 142 valence electrons. The fourth-order valence-electron chi connectivity index (χ4n) is 2.48. The maximum atomic E-state index is 12.9. The number of carbonyl (C=O) groups excluding carboxylic acids is 3. The van der Waals surface area contributed by atoms with Crippen LogP contribution < -0.4 is 5.32 Å². The summed E-state index contributed by atoms with van der Waals surface area (Å²) in [5.41, 5.74) is 0.874. The van der Waals surface area contributed by atoms with Crippen LogP contribution >= 0.6 is 11.6 Å². The van der Waals surface area contributed by atoms with Crippen LogP contribution in [-0.4, -0.2) is 24.2 Å². The van der Waals surface area contributed by atoms with Crippen LogP contribution in [0.5, 0.6) is 0 Å². The first-order valence-corrected chi connectivity index (χ1v) is 8.78. The molecule has 2 aromatic carbocycles. The van der Waals surface area contributed by atoms with E-state index in [-0.39, 0.29) is 11.5 Å². The molecular weight excluding hydrogens is 382 g/mol. The van der Waals surface area contributed by atoms with Gasteiger partial charge in [-0.05, 0) is 24.3 Å². The number of amides is 1. The molecule has 3 aromatic rings. The standard InChI is InChI=1S/C21H16ClNO5/c22-16-10-8-15(9-11-16)20(19(25)14-5-2-1-3-6-14)28-18(24)13-23-21(26)17-7-4-12-27-17/h1-12,20H,13H2,(H,23,26)/t20-/m0/s1. The number of rotatable bonds is 7. The Bertz CT molecular complexity index is 952. The molecule has 0 saturated carbocycles. The van der Waals surface area contributed by atoms with E-state index in [2.05, 4.69) is 5.32 Å². The van der Waals surface area contributed by atoms with Gasteiger partial charge >= 0.3 is 5.97 Å². The Balaban J connectivity index is 1.73. The molecule has 28 heavy (non-hydrogen) atoms. The van der Waals surface area contributed by atoms with Crippen molar-refractivity contribution in [2.75, 3.05) is 6.54 Å². The normalized spacial score (nSPS) is 11.5. The molecule has 0 saturated heterocycles. The van der Waals surface area contributed by atoms with Gasteiger partial charge in [0.2, 0.25) is 5.78 Å². The number of carbonyl (C=O) groups is 3. The summed E-state index contributed by atoms with van der Waals surface area (Å²) in [6.07, 6.45) is 0.190. The number of ketones is 1. The molecule has 6 nitrogen and oxygen atoms in total. The highest BCUT2D eigenvalue weighted by atomic mass is 35.5. The van der Waals surface area contributed by atoms with Crippen LogP contribution in [0.2, 0.25) is 5.02 Å². The van der Waals surface area contributed by atoms with E-state index in [0.29, 0.717) is 16.1 Å². The Labute approximate surface area is 166 Å². The van der Waals surface area contributed by atoms with Crippen LogP contribution in [0.25, 0.3) is 0 Å². The molecule has 0 unspecified atom stereocenters. The minimum atomic E-state index is -1.16. The lowest BCUT2D eigenvalue weighted by Gasteiger charge is -2.18. The molecule has 7 heteroatoms. The molecule has 0 aliphatic heterocycles. The van der Waals surface area contributed by atoms with E-state index in [9.17, 15) is 14.4 Å². The highest BCUT2D eigenvalue weighted by Gasteiger charge is 2.26. The van der Waals surface area contributed by atoms with Gasteiger partial charge in [0.1, 0.15) is 6.54 Å². The van der Waals surface area contributed by atoms with Gasteiger partial charge in [-0.25, -0.2) is 0 Å². The third-order valence-electron chi connectivity index (χ3n) is 3.86. The first-order valence-electron chi connectivity index (χ1n) is 8.40. The Morgan fingerprint density at radius 1 is 0.964 bits per heavy atom. The molecule has 1 N–H and O–H groups in total. The molecule has 1 amide bonds. The zero-order valence-corrected chi connectivity index (χ0v) is 15.4. The second-order valence-electron chi connectivity index (χ2n) is 5.81. The number of halogens is 1. The van der Waals surface area contributed by atoms with Gasteiger partial charge in [0.25, 0.3) is 5.91 Å². The summed E-state index contributed by atoms with van der Waals surface area (Å²) >= 11 is 5.90. The van der Waals surface area contributed by atoms with Gasteiger partial charge in [0.05, 0.1) is 6.26 Å². The number of nitrogens with one attached hydrogen (secondary N) is 1. The Hall–Kier alpha value is -3.38. The van der Waals surface area contributed by atoms with Crippen LogP contribution in [0.3, 0.4) is 0 Å². The van der Waals surface area contributed by atoms with Gasteiger partial charge in [-0.15, -0.1) is 0 Å². The monoisotopic (exact) mass is 397 g/mol. The lowest BCUT2D eigenvalue weighted by Crippen LogP contribution is -2.32. The van der Waals surface area contributed by atoms with E-state index >= 15 is 0 Å². The van der Waals surface area contributed by atoms with E-state index in [1.807, 2.05) is 0 Å². The lowest BCUT2D eigenvalue weighted by atomic mass is 10.00. The highest BCUT2D eigenvalue weighted by Crippen LogP contribution is 2.24. The van der Waals surface area contributed by atoms with Crippen LogP contribution in [0.4, 0.5) is 0 Å². The second-order valence-corrected chi connectivity index (χ2v) is 6.25. The molecule has 0 bridgehead atoms. The van der Waals surface area contributed by atoms with E-state index < -0.39 is 24.5 Å². The Morgan fingerprint density at radius 3 is 2.32 bits per heavy atom. The largest absolute Gasteiger partial charge is 0.459 e. The zero-order valence-electron chi connectivity index (χ0n) is 14.6. The van der Waals surface area contributed by atoms with Crippen molar-refractivity contribution in [3.05, 3.63) is 94.9 Å². The number of hydrogen-bond acceptors (Lipinski definition) is 5. The van der Waals surface area contributed by atoms with Gasteiger partial charge in [-0.3, -0.25) is 14.4 Å². The van der Waals surface area contributed by atoms with Crippen LogP contribution in [-0.2, 0) is 9.53 Å². The summed E-state index contributed by atoms with van der Waals surface area (Å²) in [6, 6.07) is 18.0. The van der Waals surface area contributed by atoms with Crippen molar-refractivity contribution in [1.82, 2.24) is 5.32 Å². The Kier molecular flexibility index (Phi) is 6.24. The molecule has 3 rings (SSSR count). The average Bonchev–Trinajstić information content (AvgIpc) is 3.26. The molecule has 1 heterocycles. The van der Waals surface area contributed by atoms with E-state index in [1.165, 1.54) is 12.3 Å². The minimum absolute atomic E-state index is 0.0717. The third kappa shape index (κ3) is 4.86. The van der Waals surface area contributed by atoms with Gasteiger partial charge in [0, 0.05) is 16.1 Å². The van der Waals surface area contributed by atoms with Crippen LogP contribution in [0.1, 0.15) is 32.6 Å². The predicted molar refractivity (Wildman–Crippen MR) is 102 cm³/mol. The van der Waals surface area contributed by atoms with Crippen molar-refractivity contribution in [2.24, 2.45) is 0 Å². The molecule has 1 aromatic heterocycles. The fraction of sp³-hybridized carbons (Fsp3) is 0.0952. The molecule has 0 spiro atoms. The molecule has 0 fully saturated rings. The Morgan fingerprint density at radius 2 is 1.68 bits per heavy atom. The first-order chi connectivity index (χ1) is 13.5. The number of furan rings is 1. The fourth-order valence-corrected chi connectivity index (χ4v) is 2.61. The van der Waals surface area contributed by atoms with E-state index in [0.717, 1.165) is 0 Å². The third-order valence-corrected chi connectivity index (χ3v) is 4.11. The van der Waals surface area contributed by atoms with Crippen molar-refractivity contribution in [3.8, 4) is 0 Å². The van der Waals surface area contributed by atoms with E-state index in [4.69, 9.17) is 20.8 Å². The van der Waals surface area contributed by atoms with Gasteiger partial charge in [0.15, 0.2) is 11.9 Å². The number of Topliss-reactive ketones (excluding diaryl/α,β-unsaturated/α-hetero) is 1. The predicted octanol–water partition coefficient (Wildman–Crippen LogP) is 3.83. The highest BCUT2D eigenvalue weighted by molar-refractivity contribution is 6.30. The maximum Gasteiger partial charge on any atom is 0.326 e. The van der Waals surface area contributed by atoms with Gasteiger partial charge in [-0.2, -0.15) is 0 Å². The quantitative estimate of drug-likeness (QED) is 0.483. The van der Waals surface area contributed by atoms with E-state index in [1.54, 1.807) is 60.7 Å². The number of esters is 1. The molecule has 0 aliphatic carbocycles. The maximum absolute atomic E-state index is 12.9.